The molecule has 7 heteroatoms. The Balaban J connectivity index is 1.22. The number of aryl methyl sites for hydroxylation is 1. The van der Waals surface area contributed by atoms with Gasteiger partial charge in [0.25, 0.3) is 5.91 Å². The van der Waals surface area contributed by atoms with E-state index < -0.39 is 0 Å². The molecule has 0 bridgehead atoms. The van der Waals surface area contributed by atoms with Crippen LogP contribution in [0.2, 0.25) is 0 Å². The van der Waals surface area contributed by atoms with Crippen LogP contribution in [0.25, 0.3) is 0 Å². The molecule has 3 aliphatic rings. The van der Waals surface area contributed by atoms with Crippen LogP contribution in [0.4, 0.5) is 0 Å². The maximum atomic E-state index is 13.4. The first kappa shape index (κ1) is 23.2. The average molecular weight is 465 g/mol. The number of amides is 1. The van der Waals surface area contributed by atoms with Gasteiger partial charge >= 0.3 is 0 Å². The summed E-state index contributed by atoms with van der Waals surface area (Å²) in [5.41, 5.74) is 1.12. The highest BCUT2D eigenvalue weighted by molar-refractivity contribution is 5.92. The average Bonchev–Trinajstić information content (AvgIpc) is 3.23. The van der Waals surface area contributed by atoms with Crippen molar-refractivity contribution < 1.29 is 14.3 Å². The van der Waals surface area contributed by atoms with E-state index in [0.717, 1.165) is 62.5 Å². The minimum Gasteiger partial charge on any atom is -0.488 e. The molecule has 1 atom stereocenters. The number of hydrogen-bond donors (Lipinski definition) is 0. The van der Waals surface area contributed by atoms with E-state index in [2.05, 4.69) is 18.9 Å². The third-order valence-corrected chi connectivity index (χ3v) is 7.89. The molecule has 1 aromatic heterocycles. The number of piperidine rings is 2. The van der Waals surface area contributed by atoms with Crippen molar-refractivity contribution in [1.82, 2.24) is 19.8 Å². The quantitative estimate of drug-likeness (QED) is 0.689. The Bertz CT molecular complexity index is 1010. The van der Waals surface area contributed by atoms with Crippen LogP contribution in [0.1, 0.15) is 61.0 Å². The van der Waals surface area contributed by atoms with Gasteiger partial charge in [-0.2, -0.15) is 0 Å². The van der Waals surface area contributed by atoms with Crippen molar-refractivity contribution in [2.45, 2.75) is 63.1 Å². The summed E-state index contributed by atoms with van der Waals surface area (Å²) in [7, 11) is 2.15. The molecule has 3 aliphatic heterocycles. The van der Waals surface area contributed by atoms with E-state index >= 15 is 0 Å². The highest BCUT2D eigenvalue weighted by atomic mass is 16.6. The van der Waals surface area contributed by atoms with Crippen molar-refractivity contribution in [3.8, 4) is 5.75 Å². The minimum atomic E-state index is -0.190. The van der Waals surface area contributed by atoms with E-state index in [9.17, 15) is 4.79 Å². The van der Waals surface area contributed by atoms with E-state index in [1.807, 2.05) is 48.2 Å². The molecule has 0 N–H and O–H groups in total. The molecule has 3 saturated heterocycles. The van der Waals surface area contributed by atoms with Crippen LogP contribution >= 0.6 is 0 Å². The van der Waals surface area contributed by atoms with Crippen LogP contribution < -0.4 is 4.74 Å². The monoisotopic (exact) mass is 464 g/mol. The van der Waals surface area contributed by atoms with E-state index in [-0.39, 0.29) is 23.0 Å². The third kappa shape index (κ3) is 4.82. The molecule has 0 radical (unpaired) electrons. The number of hydrogen-bond acceptors (Lipinski definition) is 6. The lowest BCUT2D eigenvalue weighted by Crippen LogP contribution is -2.47. The summed E-state index contributed by atoms with van der Waals surface area (Å²) in [6.45, 7) is 8.21. The van der Waals surface area contributed by atoms with Gasteiger partial charge < -0.3 is 19.3 Å². The lowest BCUT2D eigenvalue weighted by Gasteiger charge is -2.39. The van der Waals surface area contributed by atoms with Gasteiger partial charge in [-0.3, -0.25) is 4.79 Å². The Hall–Kier alpha value is -2.51. The molecule has 0 saturated carbocycles. The van der Waals surface area contributed by atoms with Gasteiger partial charge in [0, 0.05) is 30.6 Å². The maximum Gasteiger partial charge on any atom is 0.272 e. The van der Waals surface area contributed by atoms with Gasteiger partial charge in [-0.25, -0.2) is 9.97 Å². The largest absolute Gasteiger partial charge is 0.488 e. The Morgan fingerprint density at radius 1 is 1.06 bits per heavy atom. The zero-order valence-electron chi connectivity index (χ0n) is 20.6. The number of rotatable bonds is 4. The molecule has 1 spiro atoms. The van der Waals surface area contributed by atoms with Crippen LogP contribution in [-0.4, -0.2) is 77.2 Å². The van der Waals surface area contributed by atoms with Gasteiger partial charge in [-0.15, -0.1) is 0 Å². The van der Waals surface area contributed by atoms with Crippen molar-refractivity contribution >= 4 is 5.91 Å². The highest BCUT2D eigenvalue weighted by Crippen LogP contribution is 2.38. The lowest BCUT2D eigenvalue weighted by atomic mass is 9.79. The van der Waals surface area contributed by atoms with Crippen molar-refractivity contribution in [2.75, 3.05) is 39.8 Å². The van der Waals surface area contributed by atoms with E-state index in [4.69, 9.17) is 19.4 Å². The minimum absolute atomic E-state index is 0.00760. The molecule has 0 aliphatic carbocycles. The summed E-state index contributed by atoms with van der Waals surface area (Å²) in [5.74, 6) is 1.71. The number of nitrogens with zero attached hydrogens (tertiary/aromatic N) is 4. The summed E-state index contributed by atoms with van der Waals surface area (Å²) < 4.78 is 12.4. The Kier molecular flexibility index (Phi) is 6.34. The normalized spacial score (nSPS) is 24.3. The molecule has 1 aromatic carbocycles. The van der Waals surface area contributed by atoms with Crippen molar-refractivity contribution in [3.05, 3.63) is 53.6 Å². The molecule has 34 heavy (non-hydrogen) atoms. The summed E-state index contributed by atoms with van der Waals surface area (Å²) >= 11 is 0. The molecule has 1 amide bonds. The van der Waals surface area contributed by atoms with Crippen molar-refractivity contribution in [2.24, 2.45) is 0 Å². The molecular formula is C27H36N4O3. The second-order valence-corrected chi connectivity index (χ2v) is 10.6. The smallest absolute Gasteiger partial charge is 0.272 e. The molecule has 4 heterocycles. The number of ether oxygens (including phenoxy) is 2. The van der Waals surface area contributed by atoms with Gasteiger partial charge in [0.2, 0.25) is 0 Å². The van der Waals surface area contributed by atoms with Crippen LogP contribution in [0.5, 0.6) is 5.75 Å². The van der Waals surface area contributed by atoms with E-state index in [1.54, 1.807) is 0 Å². The molecule has 182 valence electrons. The molecule has 0 unspecified atom stereocenters. The standard InChI is InChI=1S/C27H36N4O3/c1-20-17-23(29-25(28-20)26(2)9-13-30(3)14-10-26)24(32)31-15-11-27(12-16-31)18-22(19-33-27)34-21-7-5-4-6-8-21/h4-8,17,22H,9-16,18-19H2,1-3H3/t22-/m0/s1. The number of carbonyl (C=O) groups excluding carboxylic acids is 1. The highest BCUT2D eigenvalue weighted by Gasteiger charge is 2.44. The first-order valence-corrected chi connectivity index (χ1v) is 12.5. The third-order valence-electron chi connectivity index (χ3n) is 7.89. The zero-order chi connectivity index (χ0) is 23.8. The predicted octanol–water partition coefficient (Wildman–Crippen LogP) is 3.61. The second-order valence-electron chi connectivity index (χ2n) is 10.6. The number of benzene rings is 1. The van der Waals surface area contributed by atoms with Crippen LogP contribution in [-0.2, 0) is 10.2 Å². The Labute approximate surface area is 202 Å². The topological polar surface area (TPSA) is 67.8 Å². The maximum absolute atomic E-state index is 13.4. The van der Waals surface area contributed by atoms with Crippen LogP contribution in [0.3, 0.4) is 0 Å². The van der Waals surface area contributed by atoms with Crippen molar-refractivity contribution in [3.63, 3.8) is 0 Å². The fourth-order valence-electron chi connectivity index (χ4n) is 5.48. The fraction of sp³-hybridized carbons (Fsp3) is 0.593. The molecule has 7 nitrogen and oxygen atoms in total. The number of likely N-dealkylation sites (tertiary alicyclic amines) is 2. The Morgan fingerprint density at radius 2 is 1.76 bits per heavy atom. The molecule has 3 fully saturated rings. The van der Waals surface area contributed by atoms with E-state index in [1.165, 1.54) is 0 Å². The fourth-order valence-corrected chi connectivity index (χ4v) is 5.48. The van der Waals surface area contributed by atoms with Gasteiger partial charge in [0.1, 0.15) is 23.4 Å². The summed E-state index contributed by atoms with van der Waals surface area (Å²) in [4.78, 5) is 27.2. The summed E-state index contributed by atoms with van der Waals surface area (Å²) in [6.07, 6.45) is 4.61. The van der Waals surface area contributed by atoms with Crippen LogP contribution in [0, 0.1) is 6.92 Å². The Morgan fingerprint density at radius 3 is 2.47 bits per heavy atom. The first-order chi connectivity index (χ1) is 16.3. The van der Waals surface area contributed by atoms with E-state index in [0.29, 0.717) is 25.4 Å². The lowest BCUT2D eigenvalue weighted by molar-refractivity contribution is -0.0396. The summed E-state index contributed by atoms with van der Waals surface area (Å²) in [5, 5.41) is 0. The molecular weight excluding hydrogens is 428 g/mol. The number of para-hydroxylation sites is 1. The molecule has 5 rings (SSSR count). The number of carbonyl (C=O) groups is 1. The number of aromatic nitrogens is 2. The summed E-state index contributed by atoms with van der Waals surface area (Å²) in [6, 6.07) is 11.8. The molecule has 2 aromatic rings. The zero-order valence-corrected chi connectivity index (χ0v) is 20.6. The van der Waals surface area contributed by atoms with Gasteiger partial charge in [0.15, 0.2) is 0 Å². The first-order valence-electron chi connectivity index (χ1n) is 12.5. The van der Waals surface area contributed by atoms with Gasteiger partial charge in [0.05, 0.1) is 12.2 Å². The SMILES string of the molecule is Cc1cc(C(=O)N2CCC3(CC2)C[C@H](Oc2ccccc2)CO3)nc(C2(C)CCN(C)CC2)n1. The predicted molar refractivity (Wildman–Crippen MR) is 130 cm³/mol. The van der Waals surface area contributed by atoms with Gasteiger partial charge in [-0.05, 0) is 70.9 Å². The van der Waals surface area contributed by atoms with Gasteiger partial charge in [-0.1, -0.05) is 25.1 Å². The van der Waals surface area contributed by atoms with Crippen molar-refractivity contribution in [1.29, 1.82) is 0 Å². The second kappa shape index (κ2) is 9.27. The van der Waals surface area contributed by atoms with Crippen LogP contribution in [0.15, 0.2) is 36.4 Å².